The van der Waals surface area contributed by atoms with Gasteiger partial charge >= 0.3 is 11.8 Å². The van der Waals surface area contributed by atoms with Gasteiger partial charge in [0.1, 0.15) is 0 Å². The molecule has 0 spiro atoms. The first kappa shape index (κ1) is 7.98. The Kier molecular flexibility index (Phi) is 1.90. The van der Waals surface area contributed by atoms with E-state index in [2.05, 4.69) is 15.5 Å². The minimum atomic E-state index is -0.823. The third-order valence-corrected chi connectivity index (χ3v) is 1.01. The Morgan fingerprint density at radius 2 is 2.50 bits per heavy atom. The predicted molar refractivity (Wildman–Crippen MR) is 38.4 cm³/mol. The number of urea groups is 1. The lowest BCUT2D eigenvalue weighted by Crippen LogP contribution is -2.19. The van der Waals surface area contributed by atoms with Crippen LogP contribution < -0.4 is 11.1 Å². The Hall–Kier alpha value is -2.12. The van der Waals surface area contributed by atoms with E-state index in [4.69, 9.17) is 5.73 Å². The highest BCUT2D eigenvalue weighted by atomic mass is 16.6. The molecule has 0 saturated carbocycles. The number of rotatable bonds is 2. The fourth-order valence-corrected chi connectivity index (χ4v) is 0.595. The molecule has 0 aliphatic rings. The van der Waals surface area contributed by atoms with Crippen LogP contribution in [0.2, 0.25) is 0 Å². The molecular weight excluding hydrogens is 166 g/mol. The summed E-state index contributed by atoms with van der Waals surface area (Å²) in [6, 6.07) is 0.237. The van der Waals surface area contributed by atoms with Gasteiger partial charge < -0.3 is 15.8 Å². The summed E-state index contributed by atoms with van der Waals surface area (Å²) >= 11 is 0. The van der Waals surface area contributed by atoms with Gasteiger partial charge in [0.15, 0.2) is 5.82 Å². The van der Waals surface area contributed by atoms with Crippen LogP contribution >= 0.6 is 0 Å². The zero-order valence-electron chi connectivity index (χ0n) is 5.77. The van der Waals surface area contributed by atoms with E-state index in [-0.39, 0.29) is 11.6 Å². The van der Waals surface area contributed by atoms with Gasteiger partial charge in [-0.2, -0.15) is 0 Å². The maximum atomic E-state index is 10.2. The summed E-state index contributed by atoms with van der Waals surface area (Å²) in [5.74, 6) is -0.284. The zero-order valence-corrected chi connectivity index (χ0v) is 5.77. The Balaban J connectivity index is 2.77. The fourth-order valence-electron chi connectivity index (χ4n) is 0.595. The molecule has 0 radical (unpaired) electrons. The normalized spacial score (nSPS) is 9.33. The molecule has 1 heterocycles. The molecule has 0 fully saturated rings. The zero-order chi connectivity index (χ0) is 9.14. The largest absolute Gasteiger partial charge is 0.358 e. The predicted octanol–water partition coefficient (Wildman–Crippen LogP) is -0.192. The Labute approximate surface area is 65.9 Å². The number of hydrogen-bond donors (Lipinski definition) is 3. The SMILES string of the molecule is NC(=O)Nc1cc([N+](=O)[O-])[nH]n1. The molecular formula is C4H5N5O3. The van der Waals surface area contributed by atoms with Crippen molar-refractivity contribution in [3.8, 4) is 0 Å². The third-order valence-electron chi connectivity index (χ3n) is 1.01. The molecule has 64 valence electrons. The number of nitro groups is 1. The van der Waals surface area contributed by atoms with Crippen LogP contribution in [0.4, 0.5) is 16.4 Å². The van der Waals surface area contributed by atoms with Gasteiger partial charge in [0, 0.05) is 0 Å². The smallest absolute Gasteiger partial charge is 0.344 e. The van der Waals surface area contributed by atoms with Crippen molar-refractivity contribution in [2.45, 2.75) is 0 Å². The Morgan fingerprint density at radius 3 is 2.92 bits per heavy atom. The molecule has 12 heavy (non-hydrogen) atoms. The number of hydrogen-bond acceptors (Lipinski definition) is 4. The number of H-pyrrole nitrogens is 1. The van der Waals surface area contributed by atoms with Crippen molar-refractivity contribution in [2.75, 3.05) is 5.32 Å². The lowest BCUT2D eigenvalue weighted by atomic mass is 10.6. The molecule has 2 amide bonds. The molecule has 0 aromatic carbocycles. The molecule has 0 aliphatic carbocycles. The molecule has 0 aliphatic heterocycles. The second kappa shape index (κ2) is 2.86. The number of anilines is 1. The third kappa shape index (κ3) is 1.68. The van der Waals surface area contributed by atoms with Gasteiger partial charge in [-0.25, -0.2) is 4.79 Å². The summed E-state index contributed by atoms with van der Waals surface area (Å²) < 4.78 is 0. The molecule has 4 N–H and O–H groups in total. The van der Waals surface area contributed by atoms with Crippen LogP contribution in [0, 0.1) is 10.1 Å². The van der Waals surface area contributed by atoms with E-state index in [1.165, 1.54) is 0 Å². The molecule has 0 bridgehead atoms. The lowest BCUT2D eigenvalue weighted by molar-refractivity contribution is -0.389. The van der Waals surface area contributed by atoms with Crippen molar-refractivity contribution in [1.29, 1.82) is 0 Å². The van der Waals surface area contributed by atoms with Crippen LogP contribution in [-0.2, 0) is 0 Å². The van der Waals surface area contributed by atoms with Crippen molar-refractivity contribution in [2.24, 2.45) is 5.73 Å². The maximum absolute atomic E-state index is 10.2. The maximum Gasteiger partial charge on any atom is 0.344 e. The van der Waals surface area contributed by atoms with Crippen molar-refractivity contribution in [3.05, 3.63) is 16.2 Å². The van der Waals surface area contributed by atoms with Crippen LogP contribution in [0.5, 0.6) is 0 Å². The highest BCUT2D eigenvalue weighted by molar-refractivity contribution is 5.86. The minimum Gasteiger partial charge on any atom is -0.358 e. The first-order chi connectivity index (χ1) is 5.59. The monoisotopic (exact) mass is 171 g/mol. The quantitative estimate of drug-likeness (QED) is 0.420. The fraction of sp³-hybridized carbons (Fsp3) is 0. The number of primary amides is 1. The van der Waals surface area contributed by atoms with E-state index in [0.29, 0.717) is 0 Å². The average molecular weight is 171 g/mol. The van der Waals surface area contributed by atoms with Crippen LogP contribution in [0.1, 0.15) is 0 Å². The molecule has 0 saturated heterocycles. The molecule has 0 unspecified atom stereocenters. The van der Waals surface area contributed by atoms with Gasteiger partial charge in [-0.1, -0.05) is 5.10 Å². The number of aromatic nitrogens is 2. The standard InChI is InChI=1S/C4H5N5O3/c5-4(10)6-2-1-3(8-7-2)9(11)12/h1H,(H4,5,6,7,8,10). The van der Waals surface area contributed by atoms with Crippen molar-refractivity contribution in [1.82, 2.24) is 10.2 Å². The number of nitrogens with two attached hydrogens (primary N) is 1. The number of carbonyl (C=O) groups is 1. The number of carbonyl (C=O) groups excluding carboxylic acids is 1. The van der Waals surface area contributed by atoms with Gasteiger partial charge in [-0.05, 0) is 4.92 Å². The molecule has 8 nitrogen and oxygen atoms in total. The van der Waals surface area contributed by atoms with Crippen LogP contribution in [0.25, 0.3) is 0 Å². The second-order valence-corrected chi connectivity index (χ2v) is 1.88. The van der Waals surface area contributed by atoms with E-state index in [1.54, 1.807) is 0 Å². The Morgan fingerprint density at radius 1 is 1.83 bits per heavy atom. The number of nitrogens with zero attached hydrogens (tertiary/aromatic N) is 2. The highest BCUT2D eigenvalue weighted by Gasteiger charge is 2.09. The van der Waals surface area contributed by atoms with Gasteiger partial charge in [0.25, 0.3) is 0 Å². The van der Waals surface area contributed by atoms with Crippen LogP contribution in [0.3, 0.4) is 0 Å². The summed E-state index contributed by atoms with van der Waals surface area (Å²) in [4.78, 5) is 19.7. The average Bonchev–Trinajstić information content (AvgIpc) is 2.34. The summed E-state index contributed by atoms with van der Waals surface area (Å²) in [5, 5.41) is 17.7. The highest BCUT2D eigenvalue weighted by Crippen LogP contribution is 2.11. The topological polar surface area (TPSA) is 127 Å². The van der Waals surface area contributed by atoms with Crippen molar-refractivity contribution >= 4 is 17.7 Å². The van der Waals surface area contributed by atoms with Crippen molar-refractivity contribution < 1.29 is 9.72 Å². The first-order valence-corrected chi connectivity index (χ1v) is 2.86. The number of aromatic amines is 1. The summed E-state index contributed by atoms with van der Waals surface area (Å²) in [6.45, 7) is 0. The number of amides is 2. The van der Waals surface area contributed by atoms with Crippen molar-refractivity contribution in [3.63, 3.8) is 0 Å². The molecule has 1 aromatic rings. The van der Waals surface area contributed by atoms with Gasteiger partial charge in [0.2, 0.25) is 0 Å². The Bertz CT molecular complexity index is 318. The molecule has 1 aromatic heterocycles. The van der Waals surface area contributed by atoms with E-state index in [1.807, 2.05) is 0 Å². The summed E-state index contributed by atoms with van der Waals surface area (Å²) in [7, 11) is 0. The van der Waals surface area contributed by atoms with E-state index in [0.717, 1.165) is 6.07 Å². The van der Waals surface area contributed by atoms with Crippen LogP contribution in [-0.4, -0.2) is 21.2 Å². The van der Waals surface area contributed by atoms with Crippen LogP contribution in [0.15, 0.2) is 6.07 Å². The minimum absolute atomic E-state index is 0.0224. The molecule has 0 atom stereocenters. The number of nitrogens with one attached hydrogen (secondary N) is 2. The lowest BCUT2D eigenvalue weighted by Gasteiger charge is -1.89. The second-order valence-electron chi connectivity index (χ2n) is 1.88. The van der Waals surface area contributed by atoms with Gasteiger partial charge in [0.05, 0.1) is 6.07 Å². The van der Waals surface area contributed by atoms with E-state index in [9.17, 15) is 14.9 Å². The summed E-state index contributed by atoms with van der Waals surface area (Å²) in [5.41, 5.74) is 4.74. The van der Waals surface area contributed by atoms with Gasteiger partial charge in [-0.3, -0.25) is 5.32 Å². The van der Waals surface area contributed by atoms with E-state index >= 15 is 0 Å². The van der Waals surface area contributed by atoms with E-state index < -0.39 is 11.0 Å². The molecule has 8 heteroatoms. The van der Waals surface area contributed by atoms with Gasteiger partial charge in [-0.15, -0.1) is 5.10 Å². The summed E-state index contributed by atoms with van der Waals surface area (Å²) in [6.07, 6.45) is 0. The first-order valence-electron chi connectivity index (χ1n) is 2.86. The molecule has 1 rings (SSSR count).